The number of nitrogens with zero attached hydrogens (tertiary/aromatic N) is 1. The highest BCUT2D eigenvalue weighted by atomic mass is 79.9. The molecule has 0 aromatic carbocycles. The van der Waals surface area contributed by atoms with E-state index in [1.165, 1.54) is 12.3 Å². The molecule has 1 amide bonds. The minimum atomic E-state index is -1.33. The van der Waals surface area contributed by atoms with E-state index in [2.05, 4.69) is 26.2 Å². The van der Waals surface area contributed by atoms with Gasteiger partial charge in [-0.1, -0.05) is 0 Å². The number of nitrogens with one attached hydrogen (secondary N) is 1. The summed E-state index contributed by atoms with van der Waals surface area (Å²) < 4.78 is 16.4. The number of aromatic nitrogens is 1. The van der Waals surface area contributed by atoms with Crippen molar-refractivity contribution in [1.82, 2.24) is 10.3 Å². The zero-order valence-corrected chi connectivity index (χ0v) is 15.0. The molecule has 8 nitrogen and oxygen atoms in total. The summed E-state index contributed by atoms with van der Waals surface area (Å²) in [6.45, 7) is 5.82. The van der Waals surface area contributed by atoms with Crippen molar-refractivity contribution in [2.24, 2.45) is 0 Å². The number of ether oxygens (including phenoxy) is 3. The van der Waals surface area contributed by atoms with E-state index in [4.69, 9.17) is 14.2 Å². The van der Waals surface area contributed by atoms with Gasteiger partial charge in [-0.3, -0.25) is 10.3 Å². The molecule has 1 aromatic heterocycles. The average molecular weight is 401 g/mol. The molecule has 0 saturated heterocycles. The fraction of sp³-hybridized carbons (Fsp3) is 0.400. The fourth-order valence-corrected chi connectivity index (χ4v) is 2.33. The van der Waals surface area contributed by atoms with Gasteiger partial charge in [0.15, 0.2) is 11.5 Å². The molecule has 2 heterocycles. The number of carbonyl (C=O) groups excluding carboxylic acids is 1. The van der Waals surface area contributed by atoms with E-state index in [0.717, 1.165) is 0 Å². The summed E-state index contributed by atoms with van der Waals surface area (Å²) in [6, 6.07) is 0. The normalized spacial score (nSPS) is 14.1. The molecule has 130 valence electrons. The highest BCUT2D eigenvalue weighted by Gasteiger charge is 2.22. The summed E-state index contributed by atoms with van der Waals surface area (Å²) in [5.41, 5.74) is -0.856. The van der Waals surface area contributed by atoms with Crippen LogP contribution in [0, 0.1) is 0 Å². The molecule has 2 rings (SSSR count). The number of carboxylic acid groups (broad SMARTS) is 1. The number of hydrogen-bond acceptors (Lipinski definition) is 6. The fourth-order valence-electron chi connectivity index (χ4n) is 1.80. The molecule has 1 aliphatic heterocycles. The van der Waals surface area contributed by atoms with Crippen molar-refractivity contribution < 1.29 is 28.9 Å². The maximum Gasteiger partial charge on any atom is 0.412 e. The van der Waals surface area contributed by atoms with Crippen molar-refractivity contribution in [3.8, 4) is 11.5 Å². The van der Waals surface area contributed by atoms with Gasteiger partial charge < -0.3 is 19.3 Å². The van der Waals surface area contributed by atoms with Crippen LogP contribution < -0.4 is 14.8 Å². The quantitative estimate of drug-likeness (QED) is 0.750. The van der Waals surface area contributed by atoms with Gasteiger partial charge in [0.25, 0.3) is 0 Å². The first-order chi connectivity index (χ1) is 11.2. The lowest BCUT2D eigenvalue weighted by atomic mass is 10.2. The van der Waals surface area contributed by atoms with Crippen LogP contribution >= 0.6 is 15.9 Å². The van der Waals surface area contributed by atoms with Crippen LogP contribution in [0.3, 0.4) is 0 Å². The summed E-state index contributed by atoms with van der Waals surface area (Å²) in [5.74, 6) is -0.434. The number of aliphatic carboxylic acids is 1. The highest BCUT2D eigenvalue weighted by Crippen LogP contribution is 2.38. The summed E-state index contributed by atoms with van der Waals surface area (Å²) in [4.78, 5) is 27.2. The predicted octanol–water partition coefficient (Wildman–Crippen LogP) is 2.57. The first kappa shape index (κ1) is 18.1. The van der Waals surface area contributed by atoms with Crippen LogP contribution in [-0.4, -0.2) is 41.0 Å². The minimum Gasteiger partial charge on any atom is -0.485 e. The zero-order valence-electron chi connectivity index (χ0n) is 13.4. The monoisotopic (exact) mass is 400 g/mol. The van der Waals surface area contributed by atoms with Crippen molar-refractivity contribution in [3.05, 3.63) is 22.1 Å². The van der Waals surface area contributed by atoms with Gasteiger partial charge in [0.05, 0.1) is 16.4 Å². The number of carbonyl (C=O) groups is 2. The molecule has 9 heteroatoms. The van der Waals surface area contributed by atoms with Crippen LogP contribution in [0.5, 0.6) is 11.5 Å². The number of halogens is 1. The number of carboxylic acids is 1. The van der Waals surface area contributed by atoms with Gasteiger partial charge in [-0.25, -0.2) is 9.59 Å². The Bertz CT molecular complexity index is 696. The summed E-state index contributed by atoms with van der Waals surface area (Å²) in [7, 11) is 0. The Morgan fingerprint density at radius 3 is 2.67 bits per heavy atom. The molecule has 0 radical (unpaired) electrons. The van der Waals surface area contributed by atoms with E-state index in [1.54, 1.807) is 20.8 Å². The van der Waals surface area contributed by atoms with Crippen LogP contribution in [0.1, 0.15) is 26.5 Å². The molecule has 2 N–H and O–H groups in total. The molecule has 1 aliphatic rings. The first-order valence-corrected chi connectivity index (χ1v) is 7.86. The Morgan fingerprint density at radius 1 is 1.38 bits per heavy atom. The molecule has 0 fully saturated rings. The van der Waals surface area contributed by atoms with Gasteiger partial charge in [-0.05, 0) is 42.8 Å². The zero-order chi connectivity index (χ0) is 17.9. The molecular formula is C15H17BrN2O6. The van der Waals surface area contributed by atoms with Gasteiger partial charge >= 0.3 is 12.1 Å². The second-order valence-corrected chi connectivity index (χ2v) is 6.63. The van der Waals surface area contributed by atoms with Crippen LogP contribution in [-0.2, 0) is 9.53 Å². The van der Waals surface area contributed by atoms with Crippen molar-refractivity contribution in [1.29, 1.82) is 0 Å². The predicted molar refractivity (Wildman–Crippen MR) is 87.9 cm³/mol. The standard InChI is InChI=1S/C15H17BrN2O6/c1-15(2,3)24-14(21)18-9(13(19)20)6-8-11(16)12-10(7-17-8)22-4-5-23-12/h6-7H,4-5H2,1-3H3,(H,18,21)(H,19,20)/b9-6-. The van der Waals surface area contributed by atoms with Gasteiger partial charge in [-0.15, -0.1) is 0 Å². The SMILES string of the molecule is CC(C)(C)OC(=O)N/C(=C\c1ncc2c(c1Br)OCCO2)C(=O)O. The van der Waals surface area contributed by atoms with Crippen LogP contribution in [0.4, 0.5) is 4.79 Å². The highest BCUT2D eigenvalue weighted by molar-refractivity contribution is 9.10. The number of alkyl carbamates (subject to hydrolysis) is 1. The number of rotatable bonds is 3. The smallest absolute Gasteiger partial charge is 0.412 e. The largest absolute Gasteiger partial charge is 0.485 e. The minimum absolute atomic E-state index is 0.271. The molecule has 0 atom stereocenters. The van der Waals surface area contributed by atoms with Crippen molar-refractivity contribution in [3.63, 3.8) is 0 Å². The van der Waals surface area contributed by atoms with Crippen LogP contribution in [0.25, 0.3) is 6.08 Å². The summed E-state index contributed by atoms with van der Waals surface area (Å²) in [5, 5.41) is 11.5. The molecule has 1 aromatic rings. The third-order valence-electron chi connectivity index (χ3n) is 2.70. The van der Waals surface area contributed by atoms with E-state index < -0.39 is 17.7 Å². The van der Waals surface area contributed by atoms with Crippen molar-refractivity contribution >= 4 is 34.1 Å². The van der Waals surface area contributed by atoms with Gasteiger partial charge in [0, 0.05) is 0 Å². The number of amides is 1. The molecular weight excluding hydrogens is 384 g/mol. The van der Waals surface area contributed by atoms with E-state index in [1.807, 2.05) is 0 Å². The lowest BCUT2D eigenvalue weighted by Crippen LogP contribution is -2.34. The lowest BCUT2D eigenvalue weighted by molar-refractivity contribution is -0.133. The molecule has 0 spiro atoms. The molecule has 24 heavy (non-hydrogen) atoms. The third kappa shape index (κ3) is 4.60. The maximum atomic E-state index is 11.8. The topological polar surface area (TPSA) is 107 Å². The third-order valence-corrected chi connectivity index (χ3v) is 3.47. The number of pyridine rings is 1. The van der Waals surface area contributed by atoms with Crippen LogP contribution in [0.2, 0.25) is 0 Å². The maximum absolute atomic E-state index is 11.8. The number of fused-ring (bicyclic) bond motifs is 1. The Labute approximate surface area is 146 Å². The second kappa shape index (κ2) is 7.08. The Kier molecular flexibility index (Phi) is 5.33. The summed E-state index contributed by atoms with van der Waals surface area (Å²) in [6.07, 6.45) is 1.76. The molecule has 0 saturated carbocycles. The van der Waals surface area contributed by atoms with E-state index in [0.29, 0.717) is 29.2 Å². The summed E-state index contributed by atoms with van der Waals surface area (Å²) >= 11 is 3.31. The van der Waals surface area contributed by atoms with E-state index in [9.17, 15) is 14.7 Å². The van der Waals surface area contributed by atoms with E-state index in [-0.39, 0.29) is 11.4 Å². The second-order valence-electron chi connectivity index (χ2n) is 5.84. The molecule has 0 unspecified atom stereocenters. The van der Waals surface area contributed by atoms with Crippen molar-refractivity contribution in [2.75, 3.05) is 13.2 Å². The van der Waals surface area contributed by atoms with Gasteiger partial charge in [-0.2, -0.15) is 0 Å². The first-order valence-electron chi connectivity index (χ1n) is 7.06. The Balaban J connectivity index is 2.28. The Hall–Kier alpha value is -2.29. The van der Waals surface area contributed by atoms with E-state index >= 15 is 0 Å². The van der Waals surface area contributed by atoms with Crippen LogP contribution in [0.15, 0.2) is 16.4 Å². The molecule has 0 bridgehead atoms. The average Bonchev–Trinajstić information content (AvgIpc) is 2.47. The van der Waals surface area contributed by atoms with Gasteiger partial charge in [0.2, 0.25) is 0 Å². The Morgan fingerprint density at radius 2 is 2.04 bits per heavy atom. The van der Waals surface area contributed by atoms with Gasteiger partial charge in [0.1, 0.15) is 24.5 Å². The van der Waals surface area contributed by atoms with Crippen molar-refractivity contribution in [2.45, 2.75) is 26.4 Å². The number of hydrogen-bond donors (Lipinski definition) is 2. The lowest BCUT2D eigenvalue weighted by Gasteiger charge is -2.20. The molecule has 0 aliphatic carbocycles.